The van der Waals surface area contributed by atoms with Crippen LogP contribution in [0.1, 0.15) is 12.7 Å². The van der Waals surface area contributed by atoms with Crippen LogP contribution in [0.2, 0.25) is 0 Å². The Balaban J connectivity index is 1.85. The molecular weight excluding hydrogens is 308 g/mol. The SMILES string of the molecule is Cn1ccc2c(-c3nnc4n3CCSC(C)(CO)C4)cccc21. The molecule has 0 saturated carbocycles. The van der Waals surface area contributed by atoms with E-state index in [1.54, 1.807) is 0 Å². The summed E-state index contributed by atoms with van der Waals surface area (Å²) in [5.41, 5.74) is 2.32. The molecule has 2 aromatic heterocycles. The van der Waals surface area contributed by atoms with Gasteiger partial charge in [-0.05, 0) is 19.1 Å². The van der Waals surface area contributed by atoms with Crippen molar-refractivity contribution in [1.82, 2.24) is 19.3 Å². The number of benzene rings is 1. The fourth-order valence-electron chi connectivity index (χ4n) is 3.27. The van der Waals surface area contributed by atoms with Gasteiger partial charge in [-0.3, -0.25) is 0 Å². The molecule has 0 saturated heterocycles. The van der Waals surface area contributed by atoms with E-state index < -0.39 is 0 Å². The molecule has 3 aromatic rings. The Morgan fingerprint density at radius 1 is 1.30 bits per heavy atom. The highest BCUT2D eigenvalue weighted by Gasteiger charge is 2.31. The van der Waals surface area contributed by atoms with Gasteiger partial charge in [-0.2, -0.15) is 11.8 Å². The molecule has 1 N–H and O–H groups in total. The van der Waals surface area contributed by atoms with Crippen LogP contribution in [0.3, 0.4) is 0 Å². The van der Waals surface area contributed by atoms with Gasteiger partial charge in [0.05, 0.1) is 6.61 Å². The fourth-order valence-corrected chi connectivity index (χ4v) is 4.36. The number of thioether (sulfide) groups is 1. The van der Waals surface area contributed by atoms with Crippen LogP contribution in [0.4, 0.5) is 0 Å². The van der Waals surface area contributed by atoms with Gasteiger partial charge >= 0.3 is 0 Å². The van der Waals surface area contributed by atoms with Crippen molar-refractivity contribution in [3.63, 3.8) is 0 Å². The first-order valence-electron chi connectivity index (χ1n) is 7.83. The van der Waals surface area contributed by atoms with Crippen molar-refractivity contribution in [2.24, 2.45) is 7.05 Å². The number of aryl methyl sites for hydroxylation is 1. The Kier molecular flexibility index (Phi) is 3.46. The standard InChI is InChI=1S/C17H20N4OS/c1-17(11-22)10-15-18-19-16(21(15)8-9-23-17)13-4-3-5-14-12(13)6-7-20(14)2/h3-7,22H,8-11H2,1-2H3. The van der Waals surface area contributed by atoms with Crippen molar-refractivity contribution >= 4 is 22.7 Å². The third-order valence-corrected chi connectivity index (χ3v) is 5.99. The Morgan fingerprint density at radius 3 is 3.00 bits per heavy atom. The Hall–Kier alpha value is -1.79. The first-order valence-corrected chi connectivity index (χ1v) is 8.81. The van der Waals surface area contributed by atoms with E-state index in [0.29, 0.717) is 0 Å². The second-order valence-corrected chi connectivity index (χ2v) is 8.07. The number of fused-ring (bicyclic) bond motifs is 2. The summed E-state index contributed by atoms with van der Waals surface area (Å²) in [7, 11) is 2.06. The van der Waals surface area contributed by atoms with Crippen LogP contribution in [-0.2, 0) is 20.0 Å². The summed E-state index contributed by atoms with van der Waals surface area (Å²) in [5, 5.41) is 19.8. The smallest absolute Gasteiger partial charge is 0.164 e. The van der Waals surface area contributed by atoms with Crippen molar-refractivity contribution in [1.29, 1.82) is 0 Å². The van der Waals surface area contributed by atoms with E-state index in [-0.39, 0.29) is 11.4 Å². The minimum absolute atomic E-state index is 0.161. The summed E-state index contributed by atoms with van der Waals surface area (Å²) < 4.78 is 4.17. The zero-order valence-electron chi connectivity index (χ0n) is 13.4. The average Bonchev–Trinajstić information content (AvgIpc) is 3.07. The van der Waals surface area contributed by atoms with Gasteiger partial charge < -0.3 is 14.2 Å². The molecule has 23 heavy (non-hydrogen) atoms. The number of aliphatic hydroxyl groups excluding tert-OH is 1. The molecular formula is C17H20N4OS. The number of aromatic nitrogens is 4. The first kappa shape index (κ1) is 14.8. The van der Waals surface area contributed by atoms with Gasteiger partial charge in [0.1, 0.15) is 5.82 Å². The molecule has 0 amide bonds. The Bertz CT molecular complexity index is 869. The molecule has 0 radical (unpaired) electrons. The number of rotatable bonds is 2. The highest BCUT2D eigenvalue weighted by Crippen LogP contribution is 2.34. The van der Waals surface area contributed by atoms with E-state index in [0.717, 1.165) is 35.9 Å². The van der Waals surface area contributed by atoms with Crippen LogP contribution in [-0.4, -0.2) is 41.5 Å². The Labute approximate surface area is 139 Å². The third kappa shape index (κ3) is 2.37. The van der Waals surface area contributed by atoms with Crippen molar-refractivity contribution < 1.29 is 5.11 Å². The van der Waals surface area contributed by atoms with Crippen molar-refractivity contribution in [2.75, 3.05) is 12.4 Å². The van der Waals surface area contributed by atoms with Crippen LogP contribution in [0.15, 0.2) is 30.5 Å². The highest BCUT2D eigenvalue weighted by molar-refractivity contribution is 8.00. The fraction of sp³-hybridized carbons (Fsp3) is 0.412. The van der Waals surface area contributed by atoms with Gasteiger partial charge in [0, 0.05) is 53.2 Å². The van der Waals surface area contributed by atoms with Gasteiger partial charge in [-0.1, -0.05) is 12.1 Å². The van der Waals surface area contributed by atoms with Gasteiger partial charge in [-0.15, -0.1) is 10.2 Å². The summed E-state index contributed by atoms with van der Waals surface area (Å²) >= 11 is 1.82. The molecule has 120 valence electrons. The highest BCUT2D eigenvalue weighted by atomic mass is 32.2. The second-order valence-electron chi connectivity index (χ2n) is 6.39. The molecule has 1 aromatic carbocycles. The van der Waals surface area contributed by atoms with Crippen LogP contribution in [0.25, 0.3) is 22.3 Å². The van der Waals surface area contributed by atoms with Crippen LogP contribution >= 0.6 is 11.8 Å². The lowest BCUT2D eigenvalue weighted by Crippen LogP contribution is -2.28. The van der Waals surface area contributed by atoms with E-state index >= 15 is 0 Å². The summed E-state index contributed by atoms with van der Waals surface area (Å²) in [6.07, 6.45) is 2.82. The summed E-state index contributed by atoms with van der Waals surface area (Å²) in [4.78, 5) is 0. The van der Waals surface area contributed by atoms with E-state index in [9.17, 15) is 5.11 Å². The van der Waals surface area contributed by atoms with Gasteiger partial charge in [0.25, 0.3) is 0 Å². The van der Waals surface area contributed by atoms with Gasteiger partial charge in [0.2, 0.25) is 0 Å². The van der Waals surface area contributed by atoms with Crippen LogP contribution in [0, 0.1) is 0 Å². The summed E-state index contributed by atoms with van der Waals surface area (Å²) in [6.45, 7) is 3.13. The van der Waals surface area contributed by atoms with Gasteiger partial charge in [0.15, 0.2) is 5.82 Å². The van der Waals surface area contributed by atoms with Crippen molar-refractivity contribution in [2.45, 2.75) is 24.6 Å². The molecule has 0 spiro atoms. The normalized spacial score (nSPS) is 21.3. The molecule has 3 heterocycles. The maximum atomic E-state index is 9.69. The predicted molar refractivity (Wildman–Crippen MR) is 93.6 cm³/mol. The third-order valence-electron chi connectivity index (χ3n) is 4.63. The summed E-state index contributed by atoms with van der Waals surface area (Å²) in [6, 6.07) is 8.44. The second kappa shape index (κ2) is 5.39. The molecule has 5 nitrogen and oxygen atoms in total. The molecule has 1 unspecified atom stereocenters. The van der Waals surface area contributed by atoms with Crippen molar-refractivity contribution in [3.05, 3.63) is 36.3 Å². The lowest BCUT2D eigenvalue weighted by Gasteiger charge is -2.23. The maximum Gasteiger partial charge on any atom is 0.164 e. The Morgan fingerprint density at radius 2 is 2.17 bits per heavy atom. The lowest BCUT2D eigenvalue weighted by molar-refractivity contribution is 0.254. The monoisotopic (exact) mass is 328 g/mol. The maximum absolute atomic E-state index is 9.69. The number of hydrogen-bond donors (Lipinski definition) is 1. The zero-order chi connectivity index (χ0) is 16.0. The quantitative estimate of drug-likeness (QED) is 0.785. The largest absolute Gasteiger partial charge is 0.395 e. The molecule has 0 fully saturated rings. The number of nitrogens with zero attached hydrogens (tertiary/aromatic N) is 4. The van der Waals surface area contributed by atoms with Crippen LogP contribution in [0.5, 0.6) is 0 Å². The average molecular weight is 328 g/mol. The molecule has 1 aliphatic heterocycles. The molecule has 1 atom stereocenters. The lowest BCUT2D eigenvalue weighted by atomic mass is 10.1. The molecule has 4 rings (SSSR count). The van der Waals surface area contributed by atoms with Gasteiger partial charge in [-0.25, -0.2) is 0 Å². The molecule has 0 bridgehead atoms. The predicted octanol–water partition coefficient (Wildman–Crippen LogP) is 2.48. The minimum Gasteiger partial charge on any atom is -0.395 e. The minimum atomic E-state index is -0.169. The van der Waals surface area contributed by atoms with Crippen LogP contribution < -0.4 is 0 Å². The number of hydrogen-bond acceptors (Lipinski definition) is 4. The van der Waals surface area contributed by atoms with E-state index in [1.807, 2.05) is 11.8 Å². The topological polar surface area (TPSA) is 55.9 Å². The zero-order valence-corrected chi connectivity index (χ0v) is 14.2. The van der Waals surface area contributed by atoms with E-state index in [1.165, 1.54) is 10.9 Å². The number of aliphatic hydroxyl groups is 1. The van der Waals surface area contributed by atoms with E-state index in [4.69, 9.17) is 0 Å². The molecule has 6 heteroatoms. The first-order chi connectivity index (χ1) is 11.1. The van der Waals surface area contributed by atoms with Crippen molar-refractivity contribution in [3.8, 4) is 11.4 Å². The molecule has 1 aliphatic rings. The summed E-state index contributed by atoms with van der Waals surface area (Å²) in [5.74, 6) is 2.86. The van der Waals surface area contributed by atoms with E-state index in [2.05, 4.69) is 63.8 Å². The molecule has 0 aliphatic carbocycles.